The van der Waals surface area contributed by atoms with Crippen LogP contribution in [0.3, 0.4) is 0 Å². The molecule has 0 spiro atoms. The Morgan fingerprint density at radius 1 is 1.17 bits per heavy atom. The monoisotopic (exact) mass is 321 g/mol. The van der Waals surface area contributed by atoms with Gasteiger partial charge in [0.05, 0.1) is 18.1 Å². The van der Waals surface area contributed by atoms with Crippen LogP contribution in [-0.2, 0) is 13.6 Å². The fourth-order valence-electron chi connectivity index (χ4n) is 3.73. The minimum Gasteiger partial charge on any atom is -0.391 e. The normalized spacial score (nSPS) is 22.1. The Morgan fingerprint density at radius 2 is 2.00 bits per heavy atom. The van der Waals surface area contributed by atoms with Gasteiger partial charge in [-0.1, -0.05) is 42.5 Å². The molecule has 124 valence electrons. The van der Waals surface area contributed by atoms with E-state index in [1.807, 2.05) is 24.1 Å². The van der Waals surface area contributed by atoms with Crippen molar-refractivity contribution < 1.29 is 5.11 Å². The summed E-state index contributed by atoms with van der Waals surface area (Å²) in [5.74, 6) is 0.220. The molecule has 0 radical (unpaired) electrons. The van der Waals surface area contributed by atoms with Crippen molar-refractivity contribution >= 4 is 10.8 Å². The number of hydrogen-bond donors (Lipinski definition) is 1. The van der Waals surface area contributed by atoms with Gasteiger partial charge in [-0.3, -0.25) is 4.90 Å². The van der Waals surface area contributed by atoms with Gasteiger partial charge in [-0.15, -0.1) is 0 Å². The van der Waals surface area contributed by atoms with E-state index in [0.29, 0.717) is 6.54 Å². The molecular weight excluding hydrogens is 298 g/mol. The maximum absolute atomic E-state index is 10.7. The topological polar surface area (TPSA) is 41.3 Å². The highest BCUT2D eigenvalue weighted by molar-refractivity contribution is 5.83. The Labute approximate surface area is 142 Å². The van der Waals surface area contributed by atoms with Crippen molar-refractivity contribution in [2.45, 2.75) is 25.0 Å². The molecule has 0 unspecified atom stereocenters. The SMILES string of the molecule is Cn1cncc1CN1CC[C@@H](c2ccc3ccccc3c2)[C@H](O)C1. The molecule has 24 heavy (non-hydrogen) atoms. The molecule has 4 rings (SSSR count). The van der Waals surface area contributed by atoms with Crippen LogP contribution in [0.2, 0.25) is 0 Å². The lowest BCUT2D eigenvalue weighted by molar-refractivity contribution is 0.0468. The molecule has 1 N–H and O–H groups in total. The molecule has 3 aromatic rings. The zero-order valence-corrected chi connectivity index (χ0v) is 14.0. The minimum absolute atomic E-state index is 0.220. The molecule has 2 atom stereocenters. The highest BCUT2D eigenvalue weighted by Gasteiger charge is 2.29. The summed E-state index contributed by atoms with van der Waals surface area (Å²) in [6.45, 7) is 2.56. The average Bonchev–Trinajstić information content (AvgIpc) is 2.99. The summed E-state index contributed by atoms with van der Waals surface area (Å²) in [5, 5.41) is 13.2. The molecular formula is C20H23N3O. The number of aromatic nitrogens is 2. The minimum atomic E-state index is -0.326. The molecule has 1 saturated heterocycles. The number of β-amino-alcohol motifs (C(OH)–C–C–N with tert-alkyl or cyclic N) is 1. The Kier molecular flexibility index (Phi) is 4.08. The van der Waals surface area contributed by atoms with Crippen LogP contribution < -0.4 is 0 Å². The third-order valence-electron chi connectivity index (χ3n) is 5.17. The summed E-state index contributed by atoms with van der Waals surface area (Å²) in [7, 11) is 2.01. The Hall–Kier alpha value is -2.17. The van der Waals surface area contributed by atoms with Gasteiger partial charge < -0.3 is 9.67 Å². The van der Waals surface area contributed by atoms with Crippen LogP contribution in [0.15, 0.2) is 55.0 Å². The molecule has 2 aromatic carbocycles. The molecule has 1 aromatic heterocycles. The fraction of sp³-hybridized carbons (Fsp3) is 0.350. The van der Waals surface area contributed by atoms with Gasteiger partial charge in [0.15, 0.2) is 0 Å². The maximum Gasteiger partial charge on any atom is 0.0945 e. The van der Waals surface area contributed by atoms with Crippen LogP contribution in [0, 0.1) is 0 Å². The lowest BCUT2D eigenvalue weighted by Crippen LogP contribution is -2.42. The number of rotatable bonds is 3. The number of hydrogen-bond acceptors (Lipinski definition) is 3. The molecule has 4 heteroatoms. The van der Waals surface area contributed by atoms with Gasteiger partial charge in [-0.05, 0) is 29.3 Å². The lowest BCUT2D eigenvalue weighted by atomic mass is 9.86. The third kappa shape index (κ3) is 2.95. The summed E-state index contributed by atoms with van der Waals surface area (Å²) in [5.41, 5.74) is 2.44. The Bertz CT molecular complexity index is 842. The molecule has 0 aliphatic carbocycles. The first-order chi connectivity index (χ1) is 11.7. The number of nitrogens with zero attached hydrogens (tertiary/aromatic N) is 3. The first-order valence-electron chi connectivity index (χ1n) is 8.55. The molecule has 2 heterocycles. The van der Waals surface area contributed by atoms with Crippen molar-refractivity contribution in [3.8, 4) is 0 Å². The van der Waals surface area contributed by atoms with Crippen LogP contribution in [0.1, 0.15) is 23.6 Å². The van der Waals surface area contributed by atoms with E-state index in [2.05, 4.69) is 52.3 Å². The van der Waals surface area contributed by atoms with Gasteiger partial charge in [0, 0.05) is 32.3 Å². The molecule has 1 fully saturated rings. The summed E-state index contributed by atoms with van der Waals surface area (Å²) in [6.07, 6.45) is 4.39. The highest BCUT2D eigenvalue weighted by Crippen LogP contribution is 2.31. The van der Waals surface area contributed by atoms with Crippen molar-refractivity contribution in [1.29, 1.82) is 0 Å². The summed E-state index contributed by atoms with van der Waals surface area (Å²) in [6, 6.07) is 15.0. The second-order valence-electron chi connectivity index (χ2n) is 6.80. The van der Waals surface area contributed by atoms with Crippen LogP contribution >= 0.6 is 0 Å². The van der Waals surface area contributed by atoms with Crippen LogP contribution in [0.4, 0.5) is 0 Å². The van der Waals surface area contributed by atoms with Gasteiger partial charge in [-0.25, -0.2) is 4.98 Å². The molecule has 0 amide bonds. The maximum atomic E-state index is 10.7. The molecule has 0 bridgehead atoms. The van der Waals surface area contributed by atoms with Crippen molar-refractivity contribution in [2.75, 3.05) is 13.1 Å². The molecule has 0 saturated carbocycles. The van der Waals surface area contributed by atoms with Gasteiger partial charge in [0.25, 0.3) is 0 Å². The first-order valence-corrected chi connectivity index (χ1v) is 8.55. The Morgan fingerprint density at radius 3 is 2.75 bits per heavy atom. The number of aryl methyl sites for hydroxylation is 1. The van der Waals surface area contributed by atoms with E-state index in [4.69, 9.17) is 0 Å². The zero-order chi connectivity index (χ0) is 16.5. The van der Waals surface area contributed by atoms with Crippen LogP contribution in [0.25, 0.3) is 10.8 Å². The summed E-state index contributed by atoms with van der Waals surface area (Å²) < 4.78 is 2.04. The number of fused-ring (bicyclic) bond motifs is 1. The fourth-order valence-corrected chi connectivity index (χ4v) is 3.73. The number of likely N-dealkylation sites (tertiary alicyclic amines) is 1. The van der Waals surface area contributed by atoms with E-state index in [1.54, 1.807) is 0 Å². The van der Waals surface area contributed by atoms with Gasteiger partial charge in [-0.2, -0.15) is 0 Å². The smallest absolute Gasteiger partial charge is 0.0945 e. The van der Waals surface area contributed by atoms with Crippen molar-refractivity contribution in [1.82, 2.24) is 14.5 Å². The average molecular weight is 321 g/mol. The van der Waals surface area contributed by atoms with Gasteiger partial charge in [0.2, 0.25) is 0 Å². The van der Waals surface area contributed by atoms with E-state index < -0.39 is 0 Å². The largest absolute Gasteiger partial charge is 0.391 e. The van der Waals surface area contributed by atoms with Gasteiger partial charge in [0.1, 0.15) is 0 Å². The third-order valence-corrected chi connectivity index (χ3v) is 5.17. The number of aliphatic hydroxyl groups excluding tert-OH is 1. The predicted octanol–water partition coefficient (Wildman–Crippen LogP) is 2.92. The lowest BCUT2D eigenvalue weighted by Gasteiger charge is -2.36. The summed E-state index contributed by atoms with van der Waals surface area (Å²) in [4.78, 5) is 6.49. The number of aliphatic hydroxyl groups is 1. The second-order valence-corrected chi connectivity index (χ2v) is 6.80. The van der Waals surface area contributed by atoms with Crippen LogP contribution in [0.5, 0.6) is 0 Å². The van der Waals surface area contributed by atoms with Gasteiger partial charge >= 0.3 is 0 Å². The standard InChI is InChI=1S/C20H23N3O/c1-22-14-21-11-18(22)12-23-9-8-19(20(24)13-23)17-7-6-15-4-2-3-5-16(15)10-17/h2-7,10-11,14,19-20,24H,8-9,12-13H2,1H3/t19-,20+/m0/s1. The number of imidazole rings is 1. The van der Waals surface area contributed by atoms with E-state index in [-0.39, 0.29) is 12.0 Å². The van der Waals surface area contributed by atoms with E-state index >= 15 is 0 Å². The highest BCUT2D eigenvalue weighted by atomic mass is 16.3. The quantitative estimate of drug-likeness (QED) is 0.806. The Balaban J connectivity index is 1.48. The molecule has 4 nitrogen and oxygen atoms in total. The van der Waals surface area contributed by atoms with E-state index in [1.165, 1.54) is 22.0 Å². The molecule has 1 aliphatic heterocycles. The zero-order valence-electron chi connectivity index (χ0n) is 14.0. The van der Waals surface area contributed by atoms with Crippen molar-refractivity contribution in [3.05, 3.63) is 66.2 Å². The predicted molar refractivity (Wildman–Crippen MR) is 95.8 cm³/mol. The van der Waals surface area contributed by atoms with E-state index in [9.17, 15) is 5.11 Å². The number of piperidine rings is 1. The van der Waals surface area contributed by atoms with Crippen LogP contribution in [-0.4, -0.2) is 38.8 Å². The summed E-state index contributed by atoms with van der Waals surface area (Å²) >= 11 is 0. The van der Waals surface area contributed by atoms with Crippen molar-refractivity contribution in [3.63, 3.8) is 0 Å². The van der Waals surface area contributed by atoms with Crippen molar-refractivity contribution in [2.24, 2.45) is 7.05 Å². The molecule has 1 aliphatic rings. The first kappa shape index (κ1) is 15.4. The number of benzene rings is 2. The van der Waals surface area contributed by atoms with E-state index in [0.717, 1.165) is 19.5 Å². The second kappa shape index (κ2) is 6.38.